The Balaban J connectivity index is 1.58. The van der Waals surface area contributed by atoms with E-state index >= 15 is 0 Å². The van der Waals surface area contributed by atoms with Crippen molar-refractivity contribution >= 4 is 0 Å². The second-order valence-corrected chi connectivity index (χ2v) is 5.84. The summed E-state index contributed by atoms with van der Waals surface area (Å²) in [5.74, 6) is 1.82. The lowest BCUT2D eigenvalue weighted by Crippen LogP contribution is -3.14. The van der Waals surface area contributed by atoms with Gasteiger partial charge in [0.25, 0.3) is 0 Å². The quantitative estimate of drug-likeness (QED) is 0.671. The molecule has 4 nitrogen and oxygen atoms in total. The van der Waals surface area contributed by atoms with Crippen LogP contribution < -0.4 is 14.4 Å². The molecular weight excluding hydrogens is 278 g/mol. The summed E-state index contributed by atoms with van der Waals surface area (Å²) < 4.78 is 16.9. The maximum Gasteiger partial charge on any atom is 0.122 e. The fraction of sp³-hybridized carbons (Fsp3) is 0.667. The van der Waals surface area contributed by atoms with Gasteiger partial charge < -0.3 is 19.1 Å². The normalized spacial score (nSPS) is 15.7. The summed E-state index contributed by atoms with van der Waals surface area (Å²) in [7, 11) is 0. The van der Waals surface area contributed by atoms with Gasteiger partial charge in [0.1, 0.15) is 24.6 Å². The van der Waals surface area contributed by atoms with Crippen molar-refractivity contribution in [3.8, 4) is 11.5 Å². The molecule has 0 atom stereocenters. The average molecular weight is 308 g/mol. The Morgan fingerprint density at radius 1 is 1.00 bits per heavy atom. The lowest BCUT2D eigenvalue weighted by atomic mass is 10.3. The van der Waals surface area contributed by atoms with Gasteiger partial charge in [-0.2, -0.15) is 0 Å². The van der Waals surface area contributed by atoms with Crippen LogP contribution in [-0.2, 0) is 4.74 Å². The van der Waals surface area contributed by atoms with Crippen LogP contribution in [0.15, 0.2) is 24.3 Å². The van der Waals surface area contributed by atoms with Crippen molar-refractivity contribution in [1.29, 1.82) is 0 Å². The number of quaternary nitrogens is 1. The second kappa shape index (κ2) is 10.5. The summed E-state index contributed by atoms with van der Waals surface area (Å²) in [6.45, 7) is 9.09. The summed E-state index contributed by atoms with van der Waals surface area (Å²) in [6, 6.07) is 7.97. The first-order valence-corrected chi connectivity index (χ1v) is 8.65. The van der Waals surface area contributed by atoms with Crippen LogP contribution in [0.5, 0.6) is 11.5 Å². The SMILES string of the molecule is CCCCOc1cccc(OCCCC[NH+]2CCOCC2)c1. The molecule has 1 heterocycles. The van der Waals surface area contributed by atoms with Crippen molar-refractivity contribution in [1.82, 2.24) is 0 Å². The number of hydrogen-bond donors (Lipinski definition) is 1. The summed E-state index contributed by atoms with van der Waals surface area (Å²) in [4.78, 5) is 1.66. The van der Waals surface area contributed by atoms with E-state index in [9.17, 15) is 0 Å². The van der Waals surface area contributed by atoms with Gasteiger partial charge in [-0.05, 0) is 31.4 Å². The van der Waals surface area contributed by atoms with E-state index < -0.39 is 0 Å². The van der Waals surface area contributed by atoms with Crippen LogP contribution in [-0.4, -0.2) is 46.1 Å². The highest BCUT2D eigenvalue weighted by molar-refractivity contribution is 5.32. The Labute approximate surface area is 134 Å². The summed E-state index contributed by atoms with van der Waals surface area (Å²) in [5.41, 5.74) is 0. The molecule has 0 radical (unpaired) electrons. The van der Waals surface area contributed by atoms with Gasteiger partial charge in [-0.3, -0.25) is 0 Å². The molecule has 0 bridgehead atoms. The summed E-state index contributed by atoms with van der Waals surface area (Å²) in [5, 5.41) is 0. The Morgan fingerprint density at radius 2 is 1.68 bits per heavy atom. The van der Waals surface area contributed by atoms with E-state index in [1.54, 1.807) is 4.90 Å². The zero-order valence-electron chi connectivity index (χ0n) is 13.8. The van der Waals surface area contributed by atoms with E-state index in [0.717, 1.165) is 70.3 Å². The fourth-order valence-electron chi connectivity index (χ4n) is 2.57. The average Bonchev–Trinajstić information content (AvgIpc) is 2.56. The van der Waals surface area contributed by atoms with Crippen LogP contribution in [0.2, 0.25) is 0 Å². The minimum absolute atomic E-state index is 0.780. The van der Waals surface area contributed by atoms with Gasteiger partial charge in [-0.25, -0.2) is 0 Å². The molecule has 0 spiro atoms. The molecule has 124 valence electrons. The molecule has 22 heavy (non-hydrogen) atoms. The predicted molar refractivity (Wildman–Crippen MR) is 88.0 cm³/mol. The smallest absolute Gasteiger partial charge is 0.122 e. The molecule has 1 N–H and O–H groups in total. The van der Waals surface area contributed by atoms with Crippen molar-refractivity contribution in [2.45, 2.75) is 32.6 Å². The lowest BCUT2D eigenvalue weighted by molar-refractivity contribution is -0.908. The third-order valence-electron chi connectivity index (χ3n) is 3.97. The van der Waals surface area contributed by atoms with Gasteiger partial charge in [-0.15, -0.1) is 0 Å². The Hall–Kier alpha value is -1.26. The van der Waals surface area contributed by atoms with Crippen LogP contribution in [0, 0.1) is 0 Å². The minimum Gasteiger partial charge on any atom is -0.493 e. The standard InChI is InChI=1S/C18H29NO3/c1-2-3-12-21-17-7-6-8-18(16-17)22-13-5-4-9-19-10-14-20-15-11-19/h6-8,16H,2-5,9-15H2,1H3/p+1. The molecule has 0 aliphatic carbocycles. The molecule has 1 aliphatic rings. The highest BCUT2D eigenvalue weighted by atomic mass is 16.5. The van der Waals surface area contributed by atoms with Crippen molar-refractivity contribution in [3.63, 3.8) is 0 Å². The van der Waals surface area contributed by atoms with E-state index in [1.165, 1.54) is 13.0 Å². The summed E-state index contributed by atoms with van der Waals surface area (Å²) >= 11 is 0. The molecule has 1 aromatic rings. The molecule has 1 aliphatic heterocycles. The van der Waals surface area contributed by atoms with Crippen LogP contribution in [0.4, 0.5) is 0 Å². The largest absolute Gasteiger partial charge is 0.493 e. The highest BCUT2D eigenvalue weighted by Crippen LogP contribution is 2.19. The molecule has 1 aromatic carbocycles. The van der Waals surface area contributed by atoms with E-state index in [2.05, 4.69) is 6.92 Å². The fourth-order valence-corrected chi connectivity index (χ4v) is 2.57. The maximum absolute atomic E-state index is 5.83. The third-order valence-corrected chi connectivity index (χ3v) is 3.97. The van der Waals surface area contributed by atoms with Crippen LogP contribution in [0.1, 0.15) is 32.6 Å². The predicted octanol–water partition coefficient (Wildman–Crippen LogP) is 1.94. The van der Waals surface area contributed by atoms with Gasteiger partial charge in [0, 0.05) is 6.07 Å². The van der Waals surface area contributed by atoms with Gasteiger partial charge in [0.2, 0.25) is 0 Å². The third kappa shape index (κ3) is 6.67. The number of benzene rings is 1. The number of nitrogens with one attached hydrogen (secondary N) is 1. The Morgan fingerprint density at radius 3 is 2.36 bits per heavy atom. The highest BCUT2D eigenvalue weighted by Gasteiger charge is 2.12. The Bertz CT molecular complexity index is 405. The van der Waals surface area contributed by atoms with Crippen molar-refractivity contribution < 1.29 is 19.1 Å². The van der Waals surface area contributed by atoms with Crippen molar-refractivity contribution in [2.75, 3.05) is 46.1 Å². The number of rotatable bonds is 10. The summed E-state index contributed by atoms with van der Waals surface area (Å²) in [6.07, 6.45) is 4.56. The van der Waals surface area contributed by atoms with Gasteiger partial charge in [0.15, 0.2) is 0 Å². The monoisotopic (exact) mass is 308 g/mol. The van der Waals surface area contributed by atoms with Crippen molar-refractivity contribution in [2.24, 2.45) is 0 Å². The first-order chi connectivity index (χ1) is 10.9. The number of unbranched alkanes of at least 4 members (excludes halogenated alkanes) is 2. The van der Waals surface area contributed by atoms with Crippen LogP contribution in [0.25, 0.3) is 0 Å². The number of hydrogen-bond acceptors (Lipinski definition) is 3. The maximum atomic E-state index is 5.83. The second-order valence-electron chi connectivity index (χ2n) is 5.84. The van der Waals surface area contributed by atoms with E-state index in [4.69, 9.17) is 14.2 Å². The molecule has 0 saturated carbocycles. The molecule has 1 fully saturated rings. The molecule has 1 saturated heterocycles. The Kier molecular flexibility index (Phi) is 8.13. The van der Waals surface area contributed by atoms with Gasteiger partial charge in [0.05, 0.1) is 33.0 Å². The minimum atomic E-state index is 0.780. The number of morpholine rings is 1. The lowest BCUT2D eigenvalue weighted by Gasteiger charge is -2.23. The first kappa shape index (κ1) is 17.1. The van der Waals surface area contributed by atoms with Gasteiger partial charge in [-0.1, -0.05) is 19.4 Å². The molecule has 0 amide bonds. The molecule has 4 heteroatoms. The zero-order valence-corrected chi connectivity index (χ0v) is 13.8. The first-order valence-electron chi connectivity index (χ1n) is 8.65. The van der Waals surface area contributed by atoms with Crippen LogP contribution in [0.3, 0.4) is 0 Å². The van der Waals surface area contributed by atoms with Crippen LogP contribution >= 0.6 is 0 Å². The molecule has 0 unspecified atom stereocenters. The molecular formula is C18H30NO3+. The number of ether oxygens (including phenoxy) is 3. The topological polar surface area (TPSA) is 32.1 Å². The van der Waals surface area contributed by atoms with E-state index in [1.807, 2.05) is 24.3 Å². The zero-order chi connectivity index (χ0) is 15.5. The molecule has 0 aromatic heterocycles. The van der Waals surface area contributed by atoms with Crippen molar-refractivity contribution in [3.05, 3.63) is 24.3 Å². The van der Waals surface area contributed by atoms with E-state index in [0.29, 0.717) is 0 Å². The van der Waals surface area contributed by atoms with E-state index in [-0.39, 0.29) is 0 Å². The molecule has 2 rings (SSSR count). The van der Waals surface area contributed by atoms with Gasteiger partial charge >= 0.3 is 0 Å².